The predicted molar refractivity (Wildman–Crippen MR) is 211 cm³/mol. The minimum absolute atomic E-state index is 0.0491. The minimum atomic E-state index is -0.659. The highest BCUT2D eigenvalue weighted by Gasteiger charge is 2.02. The van der Waals surface area contributed by atoms with E-state index in [1.165, 1.54) is 119 Å². The smallest absolute Gasteiger partial charge is 0.306 e. The Hall–Kier alpha value is -2.10. The van der Waals surface area contributed by atoms with Gasteiger partial charge in [-0.2, -0.15) is 0 Å². The van der Waals surface area contributed by atoms with Crippen LogP contribution in [0.3, 0.4) is 0 Å². The average Bonchev–Trinajstić information content (AvgIpc) is 3.03. The Labute approximate surface area is 299 Å². The average molecular weight is 673 g/mol. The van der Waals surface area contributed by atoms with E-state index < -0.39 is 5.97 Å². The first-order valence-electron chi connectivity index (χ1n) is 20.1. The largest absolute Gasteiger partial charge is 0.481 e. The van der Waals surface area contributed by atoms with Gasteiger partial charge in [0, 0.05) is 12.8 Å². The fraction of sp³-hybridized carbons (Fsp3) is 0.773. The van der Waals surface area contributed by atoms with Crippen molar-refractivity contribution in [3.63, 3.8) is 0 Å². The van der Waals surface area contributed by atoms with Crippen molar-refractivity contribution >= 4 is 11.9 Å². The summed E-state index contributed by atoms with van der Waals surface area (Å²) >= 11 is 0. The van der Waals surface area contributed by atoms with Crippen LogP contribution in [0.1, 0.15) is 215 Å². The van der Waals surface area contributed by atoms with Crippen LogP contribution in [0.15, 0.2) is 46.6 Å². The molecule has 0 bridgehead atoms. The van der Waals surface area contributed by atoms with E-state index in [0.29, 0.717) is 19.4 Å². The lowest BCUT2D eigenvalue weighted by molar-refractivity contribution is -0.142. The molecule has 0 aromatic heterocycles. The van der Waals surface area contributed by atoms with Crippen LogP contribution in [0, 0.1) is 0 Å². The van der Waals surface area contributed by atoms with E-state index in [2.05, 4.69) is 72.8 Å². The Morgan fingerprint density at radius 2 is 0.812 bits per heavy atom. The van der Waals surface area contributed by atoms with Gasteiger partial charge in [-0.1, -0.05) is 157 Å². The van der Waals surface area contributed by atoms with Crippen LogP contribution in [0.5, 0.6) is 0 Å². The Morgan fingerprint density at radius 3 is 1.21 bits per heavy atom. The molecule has 0 saturated heterocycles. The third-order valence-corrected chi connectivity index (χ3v) is 8.81. The molecule has 0 heterocycles. The number of carbonyl (C=O) groups excluding carboxylic acids is 1. The first-order chi connectivity index (χ1) is 23.1. The van der Waals surface area contributed by atoms with Crippen molar-refractivity contribution < 1.29 is 19.4 Å². The molecule has 0 fully saturated rings. The molecule has 0 atom stereocenters. The van der Waals surface area contributed by atoms with Gasteiger partial charge in [0.15, 0.2) is 0 Å². The first kappa shape index (κ1) is 48.0. The van der Waals surface area contributed by atoms with Crippen LogP contribution in [-0.2, 0) is 14.3 Å². The molecule has 0 spiro atoms. The van der Waals surface area contributed by atoms with Crippen LogP contribution < -0.4 is 0 Å². The van der Waals surface area contributed by atoms with Crippen molar-refractivity contribution in [1.82, 2.24) is 0 Å². The van der Waals surface area contributed by atoms with E-state index in [4.69, 9.17) is 9.84 Å². The second kappa shape index (κ2) is 37.7. The van der Waals surface area contributed by atoms with Crippen molar-refractivity contribution in [3.8, 4) is 0 Å². The molecule has 0 aromatic carbocycles. The summed E-state index contributed by atoms with van der Waals surface area (Å²) in [6.07, 6.45) is 39.3. The van der Waals surface area contributed by atoms with Crippen LogP contribution in [0.25, 0.3) is 0 Å². The van der Waals surface area contributed by atoms with Gasteiger partial charge in [0.1, 0.15) is 6.61 Å². The monoisotopic (exact) mass is 673 g/mol. The molecule has 0 aromatic rings. The van der Waals surface area contributed by atoms with Crippen LogP contribution in [0.4, 0.5) is 0 Å². The molecule has 4 nitrogen and oxygen atoms in total. The number of unbranched alkanes of at least 4 members (excludes halogenated alkanes) is 16. The molecule has 0 saturated carbocycles. The molecule has 0 radical (unpaired) electrons. The third kappa shape index (κ3) is 41.9. The van der Waals surface area contributed by atoms with Gasteiger partial charge in [-0.05, 0) is 92.1 Å². The van der Waals surface area contributed by atoms with Gasteiger partial charge in [0.25, 0.3) is 0 Å². The molecule has 0 aliphatic heterocycles. The molecule has 0 rings (SSSR count). The molecular weight excluding hydrogens is 592 g/mol. The Kier molecular flexibility index (Phi) is 37.7. The molecule has 0 unspecified atom stereocenters. The number of rotatable bonds is 31. The predicted octanol–water partition coefficient (Wildman–Crippen LogP) is 14.6. The second-order valence-corrected chi connectivity index (χ2v) is 14.3. The van der Waals surface area contributed by atoms with E-state index in [0.717, 1.165) is 57.8 Å². The van der Waals surface area contributed by atoms with E-state index in [-0.39, 0.29) is 5.97 Å². The molecule has 0 aliphatic rings. The maximum Gasteiger partial charge on any atom is 0.306 e. The summed E-state index contributed by atoms with van der Waals surface area (Å²) in [4.78, 5) is 22.1. The number of allylic oxidation sites excluding steroid dienone is 7. The van der Waals surface area contributed by atoms with Crippen LogP contribution >= 0.6 is 0 Å². The van der Waals surface area contributed by atoms with E-state index in [1.807, 2.05) is 0 Å². The Morgan fingerprint density at radius 1 is 0.458 bits per heavy atom. The zero-order valence-corrected chi connectivity index (χ0v) is 33.1. The first-order valence-corrected chi connectivity index (χ1v) is 20.1. The van der Waals surface area contributed by atoms with Crippen molar-refractivity contribution in [2.75, 3.05) is 6.61 Å². The molecule has 48 heavy (non-hydrogen) atoms. The summed E-state index contributed by atoms with van der Waals surface area (Å²) in [7, 11) is 0. The van der Waals surface area contributed by atoms with Gasteiger partial charge < -0.3 is 9.84 Å². The Bertz CT molecular complexity index is 872. The molecule has 0 amide bonds. The number of carboxylic acid groups (broad SMARTS) is 1. The quantitative estimate of drug-likeness (QED) is 0.0452. The Balaban J connectivity index is 0. The second-order valence-electron chi connectivity index (χ2n) is 14.3. The standard InChI is InChI=1S/C32H56O2.C12H24O2/c1-7-8-9-10-11-12-13-14-15-25-32(33)34-27-26-31(6)24-18-23-30(5)22-17-21-29(4)20-16-19-28(2)3;1-2-3-4-5-6-7-8-9-10-11-12(13)14/h19,21,23,26H,7-18,20,22,24-25,27H2,1-6H3;2-11H2,1H3,(H,13,14). The summed E-state index contributed by atoms with van der Waals surface area (Å²) < 4.78 is 5.39. The number of carboxylic acids is 1. The number of carbonyl (C=O) groups is 2. The van der Waals surface area contributed by atoms with Crippen molar-refractivity contribution in [2.24, 2.45) is 0 Å². The molecule has 1 N–H and O–H groups in total. The normalized spacial score (nSPS) is 12.0. The van der Waals surface area contributed by atoms with Gasteiger partial charge in [0.2, 0.25) is 0 Å². The number of ether oxygens (including phenoxy) is 1. The van der Waals surface area contributed by atoms with Crippen molar-refractivity contribution in [3.05, 3.63) is 46.6 Å². The SMILES string of the molecule is CCCCCCCCCCCC(=O)O.CCCCCCCCCCCC(=O)OCC=C(C)CCC=C(C)CCC=C(C)CCC=C(C)C. The molecule has 280 valence electrons. The number of esters is 1. The zero-order chi connectivity index (χ0) is 36.1. The number of hydrogen-bond donors (Lipinski definition) is 1. The van der Waals surface area contributed by atoms with E-state index >= 15 is 0 Å². The summed E-state index contributed by atoms with van der Waals surface area (Å²) in [5.41, 5.74) is 5.67. The fourth-order valence-corrected chi connectivity index (χ4v) is 5.50. The minimum Gasteiger partial charge on any atom is -0.481 e. The molecular formula is C44H80O4. The lowest BCUT2D eigenvalue weighted by Crippen LogP contribution is -2.04. The van der Waals surface area contributed by atoms with Gasteiger partial charge >= 0.3 is 11.9 Å². The highest BCUT2D eigenvalue weighted by molar-refractivity contribution is 5.69. The van der Waals surface area contributed by atoms with E-state index in [9.17, 15) is 9.59 Å². The summed E-state index contributed by atoms with van der Waals surface area (Å²) in [6.45, 7) is 15.8. The zero-order valence-electron chi connectivity index (χ0n) is 33.1. The van der Waals surface area contributed by atoms with Gasteiger partial charge in [-0.3, -0.25) is 9.59 Å². The van der Waals surface area contributed by atoms with Gasteiger partial charge in [-0.25, -0.2) is 0 Å². The number of aliphatic carboxylic acids is 1. The van der Waals surface area contributed by atoms with Gasteiger partial charge in [0.05, 0.1) is 0 Å². The highest BCUT2D eigenvalue weighted by Crippen LogP contribution is 2.15. The third-order valence-electron chi connectivity index (χ3n) is 8.81. The van der Waals surface area contributed by atoms with Crippen LogP contribution in [0.2, 0.25) is 0 Å². The summed E-state index contributed by atoms with van der Waals surface area (Å²) in [6, 6.07) is 0. The highest BCUT2D eigenvalue weighted by atomic mass is 16.5. The fourth-order valence-electron chi connectivity index (χ4n) is 5.50. The topological polar surface area (TPSA) is 63.6 Å². The van der Waals surface area contributed by atoms with Gasteiger partial charge in [-0.15, -0.1) is 0 Å². The lowest BCUT2D eigenvalue weighted by atomic mass is 10.0. The molecule has 4 heteroatoms. The van der Waals surface area contributed by atoms with E-state index in [1.54, 1.807) is 0 Å². The molecule has 0 aliphatic carbocycles. The lowest BCUT2D eigenvalue weighted by Gasteiger charge is -2.05. The maximum atomic E-state index is 11.9. The maximum absolute atomic E-state index is 11.9. The summed E-state index contributed by atoms with van der Waals surface area (Å²) in [5.74, 6) is -0.708. The van der Waals surface area contributed by atoms with Crippen LogP contribution in [-0.4, -0.2) is 23.7 Å². The van der Waals surface area contributed by atoms with Crippen molar-refractivity contribution in [1.29, 1.82) is 0 Å². The van der Waals surface area contributed by atoms with Crippen molar-refractivity contribution in [2.45, 2.75) is 215 Å². The summed E-state index contributed by atoms with van der Waals surface area (Å²) in [5, 5.41) is 8.41. The number of hydrogen-bond acceptors (Lipinski definition) is 3.